The van der Waals surface area contributed by atoms with Crippen molar-refractivity contribution in [1.29, 1.82) is 0 Å². The summed E-state index contributed by atoms with van der Waals surface area (Å²) < 4.78 is 21.6. The molecule has 4 saturated heterocycles. The number of rotatable bonds is 2. The van der Waals surface area contributed by atoms with Gasteiger partial charge in [0, 0.05) is 0 Å². The normalized spacial score (nSPS) is 22.5. The van der Waals surface area contributed by atoms with Gasteiger partial charge in [0.1, 0.15) is 0 Å². The van der Waals surface area contributed by atoms with Gasteiger partial charge in [0.15, 0.2) is 0 Å². The summed E-state index contributed by atoms with van der Waals surface area (Å²) in [6.07, 6.45) is -0.595. The van der Waals surface area contributed by atoms with Gasteiger partial charge in [-0.1, -0.05) is 0 Å². The second-order valence-electron chi connectivity index (χ2n) is 12.2. The summed E-state index contributed by atoms with van der Waals surface area (Å²) in [4.78, 5) is 0. The van der Waals surface area contributed by atoms with Crippen LogP contribution in [0.1, 0.15) is 25.0 Å². The van der Waals surface area contributed by atoms with Crippen molar-refractivity contribution in [3.8, 4) is 5.69 Å². The van der Waals surface area contributed by atoms with Crippen LogP contribution in [0, 0.1) is 0 Å². The average Bonchev–Trinajstić information content (AvgIpc) is 3.48. The first-order valence-corrected chi connectivity index (χ1v) is 17.4. The molecule has 5 aromatic rings. The molecule has 4 fully saturated rings. The van der Waals surface area contributed by atoms with Crippen molar-refractivity contribution in [3.63, 3.8) is 0 Å². The fraction of sp³-hybridized carbons (Fsp3) is 0.111. The Labute approximate surface area is 228 Å². The van der Waals surface area contributed by atoms with Crippen LogP contribution < -0.4 is 21.7 Å². The first-order chi connectivity index (χ1) is 18.0. The molecular formula is C27H19B5FIN2P-. The zero-order valence-corrected chi connectivity index (χ0v) is 23.5. The minimum atomic E-state index is -2.41. The molecule has 0 amide bonds. The van der Waals surface area contributed by atoms with Crippen LogP contribution in [0.5, 0.6) is 0 Å². The van der Waals surface area contributed by atoms with E-state index in [0.29, 0.717) is 18.6 Å². The number of para-hydroxylation sites is 1. The van der Waals surface area contributed by atoms with E-state index in [0.717, 1.165) is 0 Å². The van der Waals surface area contributed by atoms with E-state index in [1.54, 1.807) is 0 Å². The molecule has 7 heterocycles. The van der Waals surface area contributed by atoms with Crippen LogP contribution in [0.25, 0.3) is 27.5 Å². The van der Waals surface area contributed by atoms with E-state index in [1.165, 1.54) is 60.3 Å². The molecule has 37 heavy (non-hydrogen) atoms. The molecule has 0 saturated carbocycles. The molecule has 2 bridgehead atoms. The number of aromatic nitrogens is 1. The molecular weight excluding hydrogens is 583 g/mol. The van der Waals surface area contributed by atoms with Crippen LogP contribution in [0.2, 0.25) is 0 Å². The maximum atomic E-state index is 14.1. The zero-order valence-electron chi connectivity index (χ0n) is 20.5. The topological polar surface area (TPSA) is 17.3 Å². The van der Waals surface area contributed by atoms with Gasteiger partial charge in [-0.05, 0) is 0 Å². The first kappa shape index (κ1) is 20.8. The second kappa shape index (κ2) is 6.04. The van der Waals surface area contributed by atoms with Crippen LogP contribution in [-0.4, -0.2) is 37.0 Å². The summed E-state index contributed by atoms with van der Waals surface area (Å²) in [5.41, 5.74) is 11.0. The Bertz CT molecular complexity index is 1970. The fourth-order valence-corrected chi connectivity index (χ4v) is 20.9. The predicted molar refractivity (Wildman–Crippen MR) is 171 cm³/mol. The van der Waals surface area contributed by atoms with Crippen LogP contribution in [0.15, 0.2) is 81.8 Å². The van der Waals surface area contributed by atoms with Crippen molar-refractivity contribution >= 4 is 104 Å². The van der Waals surface area contributed by atoms with Gasteiger partial charge >= 0.3 is 229 Å². The van der Waals surface area contributed by atoms with E-state index in [1.807, 2.05) is 0 Å². The number of hydrogen-bond acceptors (Lipinski definition) is 1. The molecule has 0 N–H and O–H groups in total. The van der Waals surface area contributed by atoms with E-state index >= 15 is 0 Å². The molecule has 4 aromatic carbocycles. The molecule has 2 nitrogen and oxygen atoms in total. The molecule has 172 valence electrons. The van der Waals surface area contributed by atoms with Gasteiger partial charge < -0.3 is 0 Å². The summed E-state index contributed by atoms with van der Waals surface area (Å²) in [6.45, 7) is 4.97. The molecule has 0 aliphatic carbocycles. The Balaban J connectivity index is 1.40. The van der Waals surface area contributed by atoms with E-state index < -0.39 is 28.0 Å². The standard InChI is InChI=1S/C27H19B5FIN2P/c1-27(2)17-9-3-4-11-19(17)29-20-12-5-8-16-24-21(36(26(16)20)22-14-6-10-18(27)25(22)29)13-7-15-23(24)37(35-34-33)30-28-31(37)32(30)37/h3-15H,1-2H3/q-1. The van der Waals surface area contributed by atoms with Gasteiger partial charge in [0.05, 0.1) is 0 Å². The quantitative estimate of drug-likeness (QED) is 0.160. The van der Waals surface area contributed by atoms with Gasteiger partial charge in [-0.25, -0.2) is 0 Å². The van der Waals surface area contributed by atoms with Gasteiger partial charge in [0.25, 0.3) is 0 Å². The Hall–Kier alpha value is -2.11. The number of nitrogens with zero attached hydrogens (tertiary/aromatic N) is 2. The maximum absolute atomic E-state index is 14.1. The molecule has 6 aliphatic heterocycles. The molecule has 10 heteroatoms. The van der Waals surface area contributed by atoms with Crippen LogP contribution in [0.4, 0.5) is 2.86 Å². The van der Waals surface area contributed by atoms with Crippen LogP contribution >= 0.6 is 28.0 Å². The molecule has 1 aromatic heterocycles. The summed E-state index contributed by atoms with van der Waals surface area (Å²) in [7, 11) is 2.46. The Kier molecular flexibility index (Phi) is 3.40. The van der Waals surface area contributed by atoms with Crippen LogP contribution in [0.3, 0.4) is 0 Å². The van der Waals surface area contributed by atoms with Gasteiger partial charge in [0.2, 0.25) is 0 Å². The molecule has 0 atom stereocenters. The van der Waals surface area contributed by atoms with Crippen molar-refractivity contribution in [2.24, 2.45) is 2.92 Å². The average molecular weight is 602 g/mol. The molecule has 0 unspecified atom stereocenters. The summed E-state index contributed by atoms with van der Waals surface area (Å²) in [5.74, 6) is 0. The van der Waals surface area contributed by atoms with Crippen molar-refractivity contribution in [2.45, 2.75) is 19.3 Å². The Morgan fingerprint density at radius 2 is 1.62 bits per heavy atom. The van der Waals surface area contributed by atoms with Crippen molar-refractivity contribution < 1.29 is 2.86 Å². The Morgan fingerprint density at radius 1 is 0.892 bits per heavy atom. The molecule has 6 aliphatic rings. The summed E-state index contributed by atoms with van der Waals surface area (Å²) >= 11 is -1.58. The fourth-order valence-electron chi connectivity index (χ4n) is 9.16. The van der Waals surface area contributed by atoms with E-state index in [2.05, 4.69) is 104 Å². The number of benzene rings is 4. The van der Waals surface area contributed by atoms with Crippen molar-refractivity contribution in [3.05, 3.63) is 90.0 Å². The van der Waals surface area contributed by atoms with Gasteiger partial charge in [-0.2, -0.15) is 0 Å². The number of hydrogen-bond donors (Lipinski definition) is 0. The third kappa shape index (κ3) is 1.87. The van der Waals surface area contributed by atoms with E-state index in [4.69, 9.17) is 2.92 Å². The second-order valence-corrected chi connectivity index (χ2v) is 18.9. The third-order valence-corrected chi connectivity index (χ3v) is 20.8. The number of fused-ring (bicyclic) bond motifs is 7. The van der Waals surface area contributed by atoms with Crippen molar-refractivity contribution in [1.82, 2.24) is 4.57 Å². The molecule has 0 spiro atoms. The molecule has 11 rings (SSSR count). The van der Waals surface area contributed by atoms with E-state index in [-0.39, 0.29) is 12.1 Å². The van der Waals surface area contributed by atoms with Gasteiger partial charge in [-0.15, -0.1) is 0 Å². The Morgan fingerprint density at radius 3 is 2.41 bits per heavy atom. The summed E-state index contributed by atoms with van der Waals surface area (Å²) in [5, 5.41) is 4.09. The zero-order chi connectivity index (χ0) is 24.5. The summed E-state index contributed by atoms with van der Waals surface area (Å²) in [6, 6.07) is 29.7. The SMILES string of the molecule is CC1(C)c2ccccc2B2c3c(cccc31)-n1c3cccc(P45(N=IF)B6[B-]B4B65)c3c3cccc2c31. The van der Waals surface area contributed by atoms with E-state index in [9.17, 15) is 2.86 Å². The monoisotopic (exact) mass is 603 g/mol. The minimum absolute atomic E-state index is 0.0660. The molecule has 2 radical (unpaired) electrons. The first-order valence-electron chi connectivity index (χ1n) is 13.2. The third-order valence-electron chi connectivity index (χ3n) is 10.9. The van der Waals surface area contributed by atoms with Crippen molar-refractivity contribution in [2.75, 3.05) is 0 Å². The predicted octanol–water partition coefficient (Wildman–Crippen LogP) is 4.25. The van der Waals surface area contributed by atoms with Gasteiger partial charge in [-0.3, -0.25) is 0 Å². The number of halogens is 2. The van der Waals surface area contributed by atoms with Crippen LogP contribution in [-0.2, 0) is 5.41 Å².